The Hall–Kier alpha value is -3.65. The first-order valence-corrected chi connectivity index (χ1v) is 17.1. The van der Waals surface area contributed by atoms with Crippen molar-refractivity contribution in [3.8, 4) is 12.1 Å². The van der Waals surface area contributed by atoms with Gasteiger partial charge in [0.1, 0.15) is 18.0 Å². The summed E-state index contributed by atoms with van der Waals surface area (Å²) in [5.41, 5.74) is 2.59. The third-order valence-electron chi connectivity index (χ3n) is 9.60. The van der Waals surface area contributed by atoms with Crippen molar-refractivity contribution < 1.29 is 19.0 Å². The minimum absolute atomic E-state index is 0.101. The molecule has 3 saturated heterocycles. The highest BCUT2D eigenvalue weighted by molar-refractivity contribution is 6.35. The van der Waals surface area contributed by atoms with Crippen LogP contribution in [-0.2, 0) is 22.5 Å². The van der Waals surface area contributed by atoms with Gasteiger partial charge in [-0.05, 0) is 76.6 Å². The number of nitrogens with zero attached hydrogens (tertiary/aromatic N) is 6. The summed E-state index contributed by atoms with van der Waals surface area (Å²) in [7, 11) is 0. The van der Waals surface area contributed by atoms with E-state index in [1.54, 1.807) is 11.0 Å². The highest BCUT2D eigenvalue weighted by Gasteiger charge is 2.45. The summed E-state index contributed by atoms with van der Waals surface area (Å²) in [6, 6.07) is 14.4. The first-order valence-electron chi connectivity index (χ1n) is 16.7. The lowest BCUT2D eigenvalue weighted by molar-refractivity contribution is 0.0229. The lowest BCUT2D eigenvalue weighted by Crippen LogP contribution is -2.50. The van der Waals surface area contributed by atoms with Crippen LogP contribution in [0.5, 0.6) is 6.01 Å². The van der Waals surface area contributed by atoms with E-state index in [0.29, 0.717) is 51.8 Å². The number of hydrogen-bond acceptors (Lipinski definition) is 9. The van der Waals surface area contributed by atoms with Crippen molar-refractivity contribution in [2.75, 3.05) is 50.8 Å². The van der Waals surface area contributed by atoms with E-state index in [0.717, 1.165) is 64.4 Å². The molecule has 0 aliphatic carbocycles. The Morgan fingerprint density at radius 1 is 1.06 bits per heavy atom. The van der Waals surface area contributed by atoms with Gasteiger partial charge in [-0.15, -0.1) is 0 Å². The van der Waals surface area contributed by atoms with E-state index in [4.69, 9.17) is 41.0 Å². The van der Waals surface area contributed by atoms with Gasteiger partial charge in [-0.3, -0.25) is 4.90 Å². The number of anilines is 1. The van der Waals surface area contributed by atoms with Gasteiger partial charge in [0.05, 0.1) is 30.0 Å². The number of hydrogen-bond donors (Lipinski definition) is 0. The van der Waals surface area contributed by atoms with Crippen LogP contribution in [0.15, 0.2) is 36.4 Å². The molecule has 5 heterocycles. The maximum absolute atomic E-state index is 12.7. The molecule has 0 bridgehead atoms. The van der Waals surface area contributed by atoms with Gasteiger partial charge in [-0.1, -0.05) is 41.9 Å². The Bertz CT molecular complexity index is 1630. The van der Waals surface area contributed by atoms with E-state index in [2.05, 4.69) is 34.1 Å². The molecule has 1 atom stereocenters. The first kappa shape index (κ1) is 33.3. The summed E-state index contributed by atoms with van der Waals surface area (Å²) in [4.78, 5) is 29.4. The third kappa shape index (κ3) is 7.13. The van der Waals surface area contributed by atoms with Gasteiger partial charge >= 0.3 is 12.1 Å². The number of rotatable bonds is 5. The van der Waals surface area contributed by atoms with Crippen molar-refractivity contribution in [3.63, 3.8) is 0 Å². The van der Waals surface area contributed by atoms with Gasteiger partial charge in [-0.25, -0.2) is 4.79 Å². The minimum Gasteiger partial charge on any atom is -0.461 e. The van der Waals surface area contributed by atoms with E-state index in [-0.39, 0.29) is 17.7 Å². The lowest BCUT2D eigenvalue weighted by Gasteiger charge is -2.38. The van der Waals surface area contributed by atoms with Gasteiger partial charge in [-0.2, -0.15) is 15.2 Å². The molecule has 10 nitrogen and oxygen atoms in total. The molecule has 1 amide bonds. The molecule has 0 spiro atoms. The molecule has 4 aliphatic rings. The molecule has 3 fully saturated rings. The molecule has 3 aromatic rings. The normalized spacial score (nSPS) is 20.6. The second kappa shape index (κ2) is 13.8. The maximum atomic E-state index is 12.7. The standard InChI is InChI=1S/C34H42ClN5O4.C2H3N/c1-33(2,3)44-32(41)39-18-16-38(17-19-39)30-25-21-42-28(24-10-4-8-23-9-5-11-26(35)29(23)24)20-27(25)36-31(37-30)43-22-34-12-6-14-40(34)15-7-13-34;1-2-3/h4-5,8-11,28H,6-7,12-22H2,1-3H3;1H3. The zero-order valence-electron chi connectivity index (χ0n) is 27.9. The van der Waals surface area contributed by atoms with E-state index < -0.39 is 5.60 Å². The van der Waals surface area contributed by atoms with Gasteiger partial charge in [0.15, 0.2) is 0 Å². The van der Waals surface area contributed by atoms with Crippen molar-refractivity contribution in [3.05, 3.63) is 58.2 Å². The molecular weight excluding hydrogens is 616 g/mol. The Balaban J connectivity index is 0.00000124. The molecule has 250 valence electrons. The Morgan fingerprint density at radius 2 is 1.74 bits per heavy atom. The molecule has 7 rings (SSSR count). The zero-order valence-corrected chi connectivity index (χ0v) is 28.7. The molecule has 0 N–H and O–H groups in total. The summed E-state index contributed by atoms with van der Waals surface area (Å²) >= 11 is 6.70. The largest absolute Gasteiger partial charge is 0.461 e. The highest BCUT2D eigenvalue weighted by atomic mass is 35.5. The van der Waals surface area contributed by atoms with E-state index in [1.807, 2.05) is 32.9 Å². The number of fused-ring (bicyclic) bond motifs is 3. The predicted molar refractivity (Wildman–Crippen MR) is 182 cm³/mol. The van der Waals surface area contributed by atoms with Gasteiger partial charge in [0.25, 0.3) is 0 Å². The quantitative estimate of drug-likeness (QED) is 0.296. The average Bonchev–Trinajstić information content (AvgIpc) is 3.63. The van der Waals surface area contributed by atoms with E-state index in [1.165, 1.54) is 19.8 Å². The number of aromatic nitrogens is 2. The van der Waals surface area contributed by atoms with Crippen molar-refractivity contribution in [2.45, 2.75) is 83.6 Å². The van der Waals surface area contributed by atoms with Crippen LogP contribution >= 0.6 is 11.6 Å². The molecule has 0 radical (unpaired) electrons. The van der Waals surface area contributed by atoms with Crippen LogP contribution < -0.4 is 9.64 Å². The predicted octanol–water partition coefficient (Wildman–Crippen LogP) is 6.69. The summed E-state index contributed by atoms with van der Waals surface area (Å²) in [5.74, 6) is 0.843. The number of carbonyl (C=O) groups is 1. The summed E-state index contributed by atoms with van der Waals surface area (Å²) in [6.07, 6.45) is 4.89. The second-order valence-corrected chi connectivity index (χ2v) is 14.2. The lowest BCUT2D eigenvalue weighted by atomic mass is 9.94. The Kier molecular flexibility index (Phi) is 9.79. The van der Waals surface area contributed by atoms with Gasteiger partial charge in [0.2, 0.25) is 0 Å². The number of halogens is 1. The first-order chi connectivity index (χ1) is 22.6. The van der Waals surface area contributed by atoms with E-state index >= 15 is 0 Å². The molecule has 1 aromatic heterocycles. The molecule has 2 aromatic carbocycles. The second-order valence-electron chi connectivity index (χ2n) is 13.8. The number of amides is 1. The van der Waals surface area contributed by atoms with Crippen LogP contribution in [0.1, 0.15) is 76.3 Å². The number of carbonyl (C=O) groups excluding carboxylic acids is 1. The monoisotopic (exact) mass is 660 g/mol. The molecular formula is C36H45ClN6O4. The van der Waals surface area contributed by atoms with Crippen LogP contribution in [0.25, 0.3) is 10.8 Å². The fraction of sp³-hybridized carbons (Fsp3) is 0.556. The topological polar surface area (TPSA) is 104 Å². The SMILES string of the molecule is CC#N.CC(C)(C)OC(=O)N1CCN(c2nc(OCC34CCCN3CCC4)nc3c2COC(c2cccc4cccc(Cl)c24)C3)CC1. The molecule has 4 aliphatic heterocycles. The van der Waals surface area contributed by atoms with Gasteiger partial charge < -0.3 is 24.0 Å². The van der Waals surface area contributed by atoms with Crippen LogP contribution in [0.4, 0.5) is 10.6 Å². The molecule has 47 heavy (non-hydrogen) atoms. The Labute approximate surface area is 282 Å². The van der Waals surface area contributed by atoms with Crippen molar-refractivity contribution in [1.29, 1.82) is 5.26 Å². The number of nitriles is 1. The van der Waals surface area contributed by atoms with E-state index in [9.17, 15) is 4.79 Å². The maximum Gasteiger partial charge on any atom is 0.410 e. The fourth-order valence-electron chi connectivity index (χ4n) is 7.43. The van der Waals surface area contributed by atoms with Crippen LogP contribution in [-0.4, -0.2) is 82.9 Å². The average molecular weight is 661 g/mol. The molecule has 1 unspecified atom stereocenters. The Morgan fingerprint density at radius 3 is 2.43 bits per heavy atom. The van der Waals surface area contributed by atoms with Crippen LogP contribution in [0.2, 0.25) is 5.02 Å². The summed E-state index contributed by atoms with van der Waals surface area (Å²) < 4.78 is 18.7. The number of benzene rings is 2. The third-order valence-corrected chi connectivity index (χ3v) is 9.92. The van der Waals surface area contributed by atoms with Crippen LogP contribution in [0.3, 0.4) is 0 Å². The smallest absolute Gasteiger partial charge is 0.410 e. The van der Waals surface area contributed by atoms with Crippen molar-refractivity contribution >= 4 is 34.3 Å². The summed E-state index contributed by atoms with van der Waals surface area (Å²) in [5, 5.41) is 10.2. The summed E-state index contributed by atoms with van der Waals surface area (Å²) in [6.45, 7) is 12.8. The van der Waals surface area contributed by atoms with Gasteiger partial charge in [0, 0.05) is 55.5 Å². The number of piperazine rings is 1. The minimum atomic E-state index is -0.526. The fourth-order valence-corrected chi connectivity index (χ4v) is 7.73. The van der Waals surface area contributed by atoms with Crippen LogP contribution in [0, 0.1) is 11.3 Å². The zero-order chi connectivity index (χ0) is 33.2. The van der Waals surface area contributed by atoms with Crippen molar-refractivity contribution in [2.24, 2.45) is 0 Å². The molecule has 0 saturated carbocycles. The molecule has 11 heteroatoms. The highest BCUT2D eigenvalue weighted by Crippen LogP contribution is 2.41. The van der Waals surface area contributed by atoms with Crippen molar-refractivity contribution in [1.82, 2.24) is 19.8 Å². The number of ether oxygens (including phenoxy) is 3.